The van der Waals surface area contributed by atoms with Gasteiger partial charge in [-0.1, -0.05) is 38.6 Å². The Bertz CT molecular complexity index is 1130. The molecule has 1 aromatic heterocycles. The van der Waals surface area contributed by atoms with E-state index in [-0.39, 0.29) is 0 Å². The van der Waals surface area contributed by atoms with Crippen LogP contribution < -0.4 is 11.1 Å². The lowest BCUT2D eigenvalue weighted by Gasteiger charge is -2.21. The lowest BCUT2D eigenvalue weighted by Crippen LogP contribution is -2.30. The number of rotatable bonds is 11. The molecule has 0 saturated heterocycles. The summed E-state index contributed by atoms with van der Waals surface area (Å²) in [6, 6.07) is 19.3. The van der Waals surface area contributed by atoms with Crippen molar-refractivity contribution in [3.8, 4) is 16.5 Å². The first kappa shape index (κ1) is 23.6. The van der Waals surface area contributed by atoms with Gasteiger partial charge in [-0.25, -0.2) is 0 Å². The molecule has 0 atom stereocenters. The van der Waals surface area contributed by atoms with E-state index in [4.69, 9.17) is 5.73 Å². The molecule has 0 unspecified atom stereocenters. The van der Waals surface area contributed by atoms with E-state index in [0.29, 0.717) is 11.3 Å². The summed E-state index contributed by atoms with van der Waals surface area (Å²) in [6.07, 6.45) is 4.18. The zero-order chi connectivity index (χ0) is 22.9. The number of anilines is 1. The maximum atomic E-state index is 9.19. The Labute approximate surface area is 195 Å². The number of thiophene rings is 1. The van der Waals surface area contributed by atoms with Crippen LogP contribution in [0.3, 0.4) is 0 Å². The second-order valence-electron chi connectivity index (χ2n) is 7.94. The van der Waals surface area contributed by atoms with Crippen LogP contribution in [0.5, 0.6) is 0 Å². The Kier molecular flexibility index (Phi) is 8.49. The molecule has 1 heterocycles. The van der Waals surface area contributed by atoms with Gasteiger partial charge in [0.15, 0.2) is 0 Å². The molecule has 0 aliphatic rings. The topological polar surface area (TPSA) is 65.1 Å². The molecule has 3 aromatic rings. The first-order valence-corrected chi connectivity index (χ1v) is 12.0. The largest absolute Gasteiger partial charge is 0.398 e. The van der Waals surface area contributed by atoms with Gasteiger partial charge in [-0.2, -0.15) is 5.26 Å². The summed E-state index contributed by atoms with van der Waals surface area (Å²) in [5.74, 6) is 0. The average Bonchev–Trinajstić information content (AvgIpc) is 3.26. The van der Waals surface area contributed by atoms with Gasteiger partial charge >= 0.3 is 0 Å². The van der Waals surface area contributed by atoms with Crippen LogP contribution in [-0.4, -0.2) is 31.1 Å². The zero-order valence-electron chi connectivity index (χ0n) is 19.0. The monoisotopic (exact) mass is 444 g/mol. The van der Waals surface area contributed by atoms with Crippen LogP contribution in [0.4, 0.5) is 5.69 Å². The number of nitrogens with one attached hydrogen (secondary N) is 1. The third-order valence-corrected chi connectivity index (χ3v) is 6.42. The van der Waals surface area contributed by atoms with Gasteiger partial charge in [0, 0.05) is 34.2 Å². The minimum absolute atomic E-state index is 0.293. The highest BCUT2D eigenvalue weighted by Gasteiger charge is 2.06. The van der Waals surface area contributed by atoms with Gasteiger partial charge in [0.2, 0.25) is 0 Å². The Morgan fingerprint density at radius 3 is 2.47 bits per heavy atom. The van der Waals surface area contributed by atoms with Gasteiger partial charge in [-0.15, -0.1) is 11.3 Å². The van der Waals surface area contributed by atoms with Crippen molar-refractivity contribution in [1.82, 2.24) is 4.90 Å². The number of nitrogens with zero attached hydrogens (tertiary/aromatic N) is 2. The van der Waals surface area contributed by atoms with Gasteiger partial charge in [0.1, 0.15) is 6.07 Å². The number of nitrogens with two attached hydrogens (primary N) is 1. The van der Waals surface area contributed by atoms with Crippen LogP contribution in [-0.2, 0) is 0 Å². The Balaban J connectivity index is 1.70. The minimum atomic E-state index is 0.293. The fraction of sp³-hybridized carbons (Fsp3) is 0.296. The molecule has 0 aliphatic heterocycles. The van der Waals surface area contributed by atoms with E-state index >= 15 is 0 Å². The van der Waals surface area contributed by atoms with Crippen LogP contribution >= 0.6 is 11.3 Å². The highest BCUT2D eigenvalue weighted by molar-refractivity contribution is 7.16. The molecule has 4 nitrogen and oxygen atoms in total. The predicted molar refractivity (Wildman–Crippen MR) is 140 cm³/mol. The van der Waals surface area contributed by atoms with Gasteiger partial charge in [0.05, 0.1) is 5.57 Å². The number of nitriles is 1. The minimum Gasteiger partial charge on any atom is -0.398 e. The molecule has 0 saturated carbocycles. The van der Waals surface area contributed by atoms with Crippen molar-refractivity contribution in [2.24, 2.45) is 5.73 Å². The first-order valence-electron chi connectivity index (χ1n) is 11.2. The molecule has 3 rings (SSSR count). The van der Waals surface area contributed by atoms with Crippen LogP contribution in [0.1, 0.15) is 31.6 Å². The molecule has 0 bridgehead atoms. The highest BCUT2D eigenvalue weighted by Crippen LogP contribution is 2.32. The van der Waals surface area contributed by atoms with Crippen LogP contribution in [0, 0.1) is 11.3 Å². The predicted octanol–water partition coefficient (Wildman–Crippen LogP) is 6.48. The van der Waals surface area contributed by atoms with Crippen molar-refractivity contribution in [3.05, 3.63) is 71.3 Å². The molecule has 0 spiro atoms. The molecule has 32 heavy (non-hydrogen) atoms. The number of fused-ring (bicyclic) bond motifs is 1. The van der Waals surface area contributed by atoms with E-state index in [1.807, 2.05) is 6.07 Å². The molecule has 3 N–H and O–H groups in total. The summed E-state index contributed by atoms with van der Waals surface area (Å²) in [5.41, 5.74) is 8.70. The number of hydrogen-bond acceptors (Lipinski definition) is 5. The summed E-state index contributed by atoms with van der Waals surface area (Å²) in [7, 11) is 0. The number of allylic oxidation sites excluding steroid dienone is 1. The van der Waals surface area contributed by atoms with Crippen molar-refractivity contribution in [3.63, 3.8) is 0 Å². The lowest BCUT2D eigenvalue weighted by molar-refractivity contribution is 0.285. The lowest BCUT2D eigenvalue weighted by atomic mass is 10.1. The normalized spacial score (nSPS) is 11.6. The summed E-state index contributed by atoms with van der Waals surface area (Å²) in [6.45, 7) is 12.5. The quantitative estimate of drug-likeness (QED) is 0.262. The van der Waals surface area contributed by atoms with Crippen LogP contribution in [0.15, 0.2) is 66.4 Å². The Morgan fingerprint density at radius 2 is 1.78 bits per heavy atom. The molecule has 5 heteroatoms. The Hall–Kier alpha value is -3.07. The Morgan fingerprint density at radius 1 is 1.06 bits per heavy atom. The molecule has 0 amide bonds. The second-order valence-corrected chi connectivity index (χ2v) is 9.06. The van der Waals surface area contributed by atoms with E-state index in [1.165, 1.54) is 29.2 Å². The fourth-order valence-corrected chi connectivity index (χ4v) is 4.71. The van der Waals surface area contributed by atoms with E-state index < -0.39 is 0 Å². The smallest absolute Gasteiger partial charge is 0.101 e. The van der Waals surface area contributed by atoms with Crippen LogP contribution in [0.25, 0.3) is 27.3 Å². The van der Waals surface area contributed by atoms with Crippen LogP contribution in [0.2, 0.25) is 0 Å². The molecule has 0 aliphatic carbocycles. The average molecular weight is 445 g/mol. The third-order valence-electron chi connectivity index (χ3n) is 5.34. The molecule has 2 aromatic carbocycles. The van der Waals surface area contributed by atoms with Gasteiger partial charge < -0.3 is 16.0 Å². The molecule has 0 radical (unpaired) electrons. The maximum absolute atomic E-state index is 9.19. The van der Waals surface area contributed by atoms with E-state index in [0.717, 1.165) is 41.6 Å². The highest BCUT2D eigenvalue weighted by atomic mass is 32.1. The molecule has 166 valence electrons. The summed E-state index contributed by atoms with van der Waals surface area (Å²) >= 11 is 1.64. The SMILES string of the molecule is C=C(N)/C(C#N)=C/c1ccc(-c2ccc3cc(NCCN(CCC)CCC)ccc3c2)s1. The van der Waals surface area contributed by atoms with Crippen molar-refractivity contribution < 1.29 is 0 Å². The van der Waals surface area contributed by atoms with Crippen molar-refractivity contribution in [1.29, 1.82) is 5.26 Å². The number of hydrogen-bond donors (Lipinski definition) is 2. The molecule has 0 fully saturated rings. The third kappa shape index (κ3) is 6.23. The first-order chi connectivity index (χ1) is 15.5. The fourth-order valence-electron chi connectivity index (χ4n) is 3.76. The second kappa shape index (κ2) is 11.5. The summed E-state index contributed by atoms with van der Waals surface area (Å²) < 4.78 is 0. The summed E-state index contributed by atoms with van der Waals surface area (Å²) in [4.78, 5) is 4.67. The zero-order valence-corrected chi connectivity index (χ0v) is 19.8. The van der Waals surface area contributed by atoms with Gasteiger partial charge in [0.25, 0.3) is 0 Å². The molecular formula is C27H32N4S. The van der Waals surface area contributed by atoms with Gasteiger partial charge in [-0.3, -0.25) is 0 Å². The standard InChI is InChI=1S/C27H32N4S/c1-4-13-31(14-5-2)15-12-30-25-9-8-21-16-23(7-6-22(21)17-25)27-11-10-26(32-27)18-24(19-28)20(3)29/h6-11,16-18,30H,3-5,12-15,29H2,1-2H3/b24-18+. The van der Waals surface area contributed by atoms with Crippen molar-refractivity contribution >= 4 is 33.9 Å². The number of benzene rings is 2. The van der Waals surface area contributed by atoms with Crippen molar-refractivity contribution in [2.75, 3.05) is 31.5 Å². The van der Waals surface area contributed by atoms with Gasteiger partial charge in [-0.05, 0) is 78.7 Å². The summed E-state index contributed by atoms with van der Waals surface area (Å²) in [5, 5.41) is 15.2. The van der Waals surface area contributed by atoms with E-state index in [1.54, 1.807) is 17.4 Å². The maximum Gasteiger partial charge on any atom is 0.101 e. The van der Waals surface area contributed by atoms with Crippen molar-refractivity contribution in [2.45, 2.75) is 26.7 Å². The van der Waals surface area contributed by atoms with E-state index in [9.17, 15) is 5.26 Å². The molecular weight excluding hydrogens is 412 g/mol. The van der Waals surface area contributed by atoms with E-state index in [2.05, 4.69) is 79.2 Å².